The molecule has 0 atom stereocenters. The fraction of sp³-hybridized carbons (Fsp3) is 0.391. The highest BCUT2D eigenvalue weighted by molar-refractivity contribution is 7.13. The summed E-state index contributed by atoms with van der Waals surface area (Å²) in [6.45, 7) is 7.65. The SMILES string of the molecule is CC(C)c1ccc(CCC(=O)N2CCN(c3nsc4ccccc34)CC2)cc1. The number of fused-ring (bicyclic) bond motifs is 1. The summed E-state index contributed by atoms with van der Waals surface area (Å²) in [5.74, 6) is 1.87. The molecule has 0 N–H and O–H groups in total. The van der Waals surface area contributed by atoms with Crippen molar-refractivity contribution in [2.24, 2.45) is 0 Å². The summed E-state index contributed by atoms with van der Waals surface area (Å²) in [5, 5.41) is 1.22. The number of hydrogen-bond donors (Lipinski definition) is 0. The molecule has 0 saturated carbocycles. The number of piperazine rings is 1. The summed E-state index contributed by atoms with van der Waals surface area (Å²) in [5.41, 5.74) is 2.59. The number of carbonyl (C=O) groups is 1. The molecule has 4 nitrogen and oxygen atoms in total. The van der Waals surface area contributed by atoms with Crippen LogP contribution < -0.4 is 4.90 Å². The second-order valence-corrected chi connectivity index (χ2v) is 8.57. The van der Waals surface area contributed by atoms with Gasteiger partial charge < -0.3 is 9.80 Å². The van der Waals surface area contributed by atoms with Crippen LogP contribution in [0.25, 0.3) is 10.1 Å². The van der Waals surface area contributed by atoms with Crippen molar-refractivity contribution in [3.63, 3.8) is 0 Å². The van der Waals surface area contributed by atoms with Crippen molar-refractivity contribution < 1.29 is 4.79 Å². The monoisotopic (exact) mass is 393 g/mol. The predicted octanol–water partition coefficient (Wildman–Crippen LogP) is 4.70. The van der Waals surface area contributed by atoms with Crippen molar-refractivity contribution in [1.29, 1.82) is 0 Å². The first-order valence-corrected chi connectivity index (χ1v) is 10.8. The van der Waals surface area contributed by atoms with Crippen molar-refractivity contribution >= 4 is 33.3 Å². The van der Waals surface area contributed by atoms with Crippen molar-refractivity contribution in [1.82, 2.24) is 9.27 Å². The van der Waals surface area contributed by atoms with Gasteiger partial charge in [-0.1, -0.05) is 50.2 Å². The number of nitrogens with zero attached hydrogens (tertiary/aromatic N) is 3. The zero-order valence-electron chi connectivity index (χ0n) is 16.6. The van der Waals surface area contributed by atoms with Gasteiger partial charge in [-0.25, -0.2) is 0 Å². The molecule has 1 amide bonds. The molecule has 0 bridgehead atoms. The number of benzene rings is 2. The van der Waals surface area contributed by atoms with E-state index in [1.807, 2.05) is 4.90 Å². The number of aromatic nitrogens is 1. The largest absolute Gasteiger partial charge is 0.352 e. The molecule has 1 aliphatic heterocycles. The van der Waals surface area contributed by atoms with E-state index in [1.165, 1.54) is 21.2 Å². The molecule has 1 aliphatic rings. The van der Waals surface area contributed by atoms with Crippen LogP contribution >= 0.6 is 11.5 Å². The first-order chi connectivity index (χ1) is 13.6. The summed E-state index contributed by atoms with van der Waals surface area (Å²) in [6.07, 6.45) is 1.40. The van der Waals surface area contributed by atoms with E-state index in [-0.39, 0.29) is 5.91 Å². The number of carbonyl (C=O) groups excluding carboxylic acids is 1. The summed E-state index contributed by atoms with van der Waals surface area (Å²) in [7, 11) is 0. The second-order valence-electron chi connectivity index (χ2n) is 7.77. The Morgan fingerprint density at radius 3 is 2.46 bits per heavy atom. The lowest BCUT2D eigenvalue weighted by Crippen LogP contribution is -2.49. The number of anilines is 1. The van der Waals surface area contributed by atoms with Crippen LogP contribution in [0.5, 0.6) is 0 Å². The highest BCUT2D eigenvalue weighted by Gasteiger charge is 2.23. The number of amides is 1. The number of rotatable bonds is 5. The third-order valence-electron chi connectivity index (χ3n) is 5.56. The van der Waals surface area contributed by atoms with Crippen LogP contribution in [0.15, 0.2) is 48.5 Å². The quantitative estimate of drug-likeness (QED) is 0.630. The van der Waals surface area contributed by atoms with E-state index < -0.39 is 0 Å². The van der Waals surface area contributed by atoms with E-state index in [1.54, 1.807) is 11.5 Å². The first kappa shape index (κ1) is 18.9. The maximum atomic E-state index is 12.6. The molecule has 3 aromatic rings. The van der Waals surface area contributed by atoms with Gasteiger partial charge in [-0.05, 0) is 47.1 Å². The minimum atomic E-state index is 0.260. The van der Waals surface area contributed by atoms with Gasteiger partial charge in [0.25, 0.3) is 0 Å². The average Bonchev–Trinajstić information content (AvgIpc) is 3.16. The standard InChI is InChI=1S/C23H27N3OS/c1-17(2)19-10-7-18(8-11-19)9-12-22(27)25-13-15-26(16-14-25)23-20-5-3-4-6-21(20)28-24-23/h3-8,10-11,17H,9,12-16H2,1-2H3. The molecule has 0 radical (unpaired) electrons. The van der Waals surface area contributed by atoms with Gasteiger partial charge in [0.15, 0.2) is 0 Å². The third-order valence-corrected chi connectivity index (χ3v) is 6.38. The molecule has 2 heterocycles. The molecule has 5 heteroatoms. The molecular formula is C23H27N3OS. The van der Waals surface area contributed by atoms with Gasteiger partial charge in [-0.2, -0.15) is 4.37 Å². The van der Waals surface area contributed by atoms with Crippen LogP contribution in [0, 0.1) is 0 Å². The zero-order chi connectivity index (χ0) is 19.5. The Labute approximate surface area is 170 Å². The van der Waals surface area contributed by atoms with E-state index in [0.29, 0.717) is 12.3 Å². The minimum absolute atomic E-state index is 0.260. The molecule has 0 spiro atoms. The number of hydrogen-bond acceptors (Lipinski definition) is 4. The van der Waals surface area contributed by atoms with Crippen LogP contribution in [0.4, 0.5) is 5.82 Å². The normalized spacial score (nSPS) is 14.8. The summed E-state index contributed by atoms with van der Waals surface area (Å²) >= 11 is 1.55. The van der Waals surface area contributed by atoms with E-state index in [4.69, 9.17) is 0 Å². The molecule has 0 unspecified atom stereocenters. The molecule has 28 heavy (non-hydrogen) atoms. The molecule has 4 rings (SSSR count). The Morgan fingerprint density at radius 1 is 1.04 bits per heavy atom. The van der Waals surface area contributed by atoms with Gasteiger partial charge in [0.1, 0.15) is 5.82 Å². The fourth-order valence-electron chi connectivity index (χ4n) is 3.75. The van der Waals surface area contributed by atoms with Gasteiger partial charge in [-0.15, -0.1) is 0 Å². The van der Waals surface area contributed by atoms with Crippen LogP contribution in [0.3, 0.4) is 0 Å². The smallest absolute Gasteiger partial charge is 0.223 e. The predicted molar refractivity (Wildman–Crippen MR) is 117 cm³/mol. The Balaban J connectivity index is 1.30. The fourth-order valence-corrected chi connectivity index (χ4v) is 4.54. The van der Waals surface area contributed by atoms with Gasteiger partial charge in [-0.3, -0.25) is 4.79 Å². The van der Waals surface area contributed by atoms with E-state index in [9.17, 15) is 4.79 Å². The zero-order valence-corrected chi connectivity index (χ0v) is 17.4. The van der Waals surface area contributed by atoms with Crippen LogP contribution in [0.2, 0.25) is 0 Å². The maximum Gasteiger partial charge on any atom is 0.223 e. The molecule has 0 aliphatic carbocycles. The van der Waals surface area contributed by atoms with Gasteiger partial charge >= 0.3 is 0 Å². The molecule has 1 fully saturated rings. The Kier molecular flexibility index (Phi) is 5.62. The minimum Gasteiger partial charge on any atom is -0.352 e. The Morgan fingerprint density at radius 2 is 1.75 bits per heavy atom. The lowest BCUT2D eigenvalue weighted by Gasteiger charge is -2.35. The second kappa shape index (κ2) is 8.31. The third kappa shape index (κ3) is 4.04. The van der Waals surface area contributed by atoms with Gasteiger partial charge in [0, 0.05) is 38.0 Å². The molecule has 2 aromatic carbocycles. The van der Waals surface area contributed by atoms with Crippen LogP contribution in [0.1, 0.15) is 37.3 Å². The summed E-state index contributed by atoms with van der Waals surface area (Å²) < 4.78 is 5.87. The summed E-state index contributed by atoms with van der Waals surface area (Å²) in [6, 6.07) is 17.1. The van der Waals surface area contributed by atoms with Crippen molar-refractivity contribution in [2.75, 3.05) is 31.1 Å². The molecular weight excluding hydrogens is 366 g/mol. The van der Waals surface area contributed by atoms with Crippen molar-refractivity contribution in [3.05, 3.63) is 59.7 Å². The average molecular weight is 394 g/mol. The van der Waals surface area contributed by atoms with E-state index >= 15 is 0 Å². The first-order valence-electron chi connectivity index (χ1n) is 10.1. The lowest BCUT2D eigenvalue weighted by molar-refractivity contribution is -0.131. The maximum absolute atomic E-state index is 12.6. The van der Waals surface area contributed by atoms with Gasteiger partial charge in [0.2, 0.25) is 5.91 Å². The van der Waals surface area contributed by atoms with Gasteiger partial charge in [0.05, 0.1) is 4.70 Å². The van der Waals surface area contributed by atoms with Crippen LogP contribution in [-0.4, -0.2) is 41.4 Å². The Hall–Kier alpha value is -2.40. The highest BCUT2D eigenvalue weighted by Crippen LogP contribution is 2.29. The molecule has 1 aromatic heterocycles. The topological polar surface area (TPSA) is 36.4 Å². The van der Waals surface area contributed by atoms with E-state index in [2.05, 4.69) is 71.7 Å². The number of aryl methyl sites for hydroxylation is 1. The van der Waals surface area contributed by atoms with E-state index in [0.717, 1.165) is 38.4 Å². The highest BCUT2D eigenvalue weighted by atomic mass is 32.1. The molecule has 1 saturated heterocycles. The summed E-state index contributed by atoms with van der Waals surface area (Å²) in [4.78, 5) is 17.0. The van der Waals surface area contributed by atoms with Crippen molar-refractivity contribution in [3.8, 4) is 0 Å². The molecule has 146 valence electrons. The lowest BCUT2D eigenvalue weighted by atomic mass is 10.00. The van der Waals surface area contributed by atoms with Crippen molar-refractivity contribution in [2.45, 2.75) is 32.6 Å². The van der Waals surface area contributed by atoms with Crippen LogP contribution in [-0.2, 0) is 11.2 Å². The Bertz CT molecular complexity index is 940.